The van der Waals surface area contributed by atoms with Crippen LogP contribution in [0.3, 0.4) is 0 Å². The van der Waals surface area contributed by atoms with Gasteiger partial charge in [-0.15, -0.1) is 0 Å². The Bertz CT molecular complexity index is 975. The number of anilines is 3. The van der Waals surface area contributed by atoms with E-state index >= 15 is 0 Å². The second-order valence-corrected chi connectivity index (χ2v) is 6.35. The highest BCUT2D eigenvalue weighted by Crippen LogP contribution is 2.24. The van der Waals surface area contributed by atoms with E-state index in [4.69, 9.17) is 0 Å². The summed E-state index contributed by atoms with van der Waals surface area (Å²) < 4.78 is 14.8. The van der Waals surface area contributed by atoms with Gasteiger partial charge in [-0.1, -0.05) is 0 Å². The number of aromatic nitrogens is 2. The van der Waals surface area contributed by atoms with E-state index in [1.165, 1.54) is 29.2 Å². The number of nitrogens with zero attached hydrogens (tertiary/aromatic N) is 3. The van der Waals surface area contributed by atoms with Crippen LogP contribution in [0.4, 0.5) is 21.6 Å². The summed E-state index contributed by atoms with van der Waals surface area (Å²) in [6.07, 6.45) is 4.07. The number of aryl methyl sites for hydroxylation is 1. The van der Waals surface area contributed by atoms with Gasteiger partial charge in [-0.2, -0.15) is 0 Å². The van der Waals surface area contributed by atoms with Crippen molar-refractivity contribution in [2.24, 2.45) is 7.05 Å². The van der Waals surface area contributed by atoms with Crippen LogP contribution in [0.2, 0.25) is 0 Å². The van der Waals surface area contributed by atoms with Gasteiger partial charge in [0.05, 0.1) is 5.52 Å². The second kappa shape index (κ2) is 6.20. The zero-order valence-corrected chi connectivity index (χ0v) is 14.0. The first-order chi connectivity index (χ1) is 12.1. The van der Waals surface area contributed by atoms with Crippen molar-refractivity contribution in [2.75, 3.05) is 23.3 Å². The summed E-state index contributed by atoms with van der Waals surface area (Å²) in [5, 5.41) is 3.83. The van der Waals surface area contributed by atoms with Gasteiger partial charge in [-0.05, 0) is 43.2 Å². The van der Waals surface area contributed by atoms with E-state index in [0.29, 0.717) is 16.7 Å². The zero-order chi connectivity index (χ0) is 17.4. The van der Waals surface area contributed by atoms with E-state index in [1.54, 1.807) is 19.3 Å². The Morgan fingerprint density at radius 3 is 2.56 bits per heavy atom. The standard InChI is InChI=1S/C19H19FN4O/c1-23-17-11-18(21-12-13(17)10-16(20)19(23)25)22-14-4-6-15(7-5-14)24-8-2-3-9-24/h4-7,10-12H,2-3,8-9H2,1H3,(H,21,22). The van der Waals surface area contributed by atoms with Crippen LogP contribution in [0.1, 0.15) is 12.8 Å². The van der Waals surface area contributed by atoms with Crippen LogP contribution < -0.4 is 15.8 Å². The molecular weight excluding hydrogens is 319 g/mol. The SMILES string of the molecule is Cn1c(=O)c(F)cc2cnc(Nc3ccc(N4CCCC4)cc3)cc21. The Labute approximate surface area is 144 Å². The largest absolute Gasteiger partial charge is 0.372 e. The fraction of sp³-hybridized carbons (Fsp3) is 0.263. The van der Waals surface area contributed by atoms with Gasteiger partial charge in [0.15, 0.2) is 5.82 Å². The molecule has 0 saturated carbocycles. The molecule has 0 radical (unpaired) electrons. The molecule has 5 nitrogen and oxygen atoms in total. The molecule has 0 unspecified atom stereocenters. The molecular formula is C19H19FN4O. The van der Waals surface area contributed by atoms with Crippen molar-refractivity contribution < 1.29 is 4.39 Å². The lowest BCUT2D eigenvalue weighted by molar-refractivity contribution is 0.597. The van der Waals surface area contributed by atoms with Crippen molar-refractivity contribution in [1.29, 1.82) is 0 Å². The molecule has 3 aromatic rings. The van der Waals surface area contributed by atoms with E-state index in [0.717, 1.165) is 18.8 Å². The topological polar surface area (TPSA) is 50.2 Å². The van der Waals surface area contributed by atoms with Gasteiger partial charge in [-0.25, -0.2) is 9.37 Å². The fourth-order valence-corrected chi connectivity index (χ4v) is 3.27. The Kier molecular flexibility index (Phi) is 3.87. The van der Waals surface area contributed by atoms with E-state index in [-0.39, 0.29) is 0 Å². The summed E-state index contributed by atoms with van der Waals surface area (Å²) in [4.78, 5) is 18.4. The monoisotopic (exact) mass is 338 g/mol. The highest BCUT2D eigenvalue weighted by molar-refractivity contribution is 5.81. The van der Waals surface area contributed by atoms with Gasteiger partial charge in [-0.3, -0.25) is 4.79 Å². The third-order valence-electron chi connectivity index (χ3n) is 4.68. The maximum atomic E-state index is 13.5. The van der Waals surface area contributed by atoms with Crippen LogP contribution in [0.5, 0.6) is 0 Å². The minimum atomic E-state index is -0.769. The summed E-state index contributed by atoms with van der Waals surface area (Å²) in [5.41, 5.74) is 2.14. The molecule has 0 aliphatic carbocycles. The lowest BCUT2D eigenvalue weighted by atomic mass is 10.2. The smallest absolute Gasteiger partial charge is 0.286 e. The molecule has 4 rings (SSSR count). The molecule has 0 spiro atoms. The number of rotatable bonds is 3. The maximum absolute atomic E-state index is 13.5. The van der Waals surface area contributed by atoms with Crippen molar-refractivity contribution in [3.05, 3.63) is 58.8 Å². The van der Waals surface area contributed by atoms with Gasteiger partial charge < -0.3 is 14.8 Å². The fourth-order valence-electron chi connectivity index (χ4n) is 3.27. The first-order valence-corrected chi connectivity index (χ1v) is 8.39. The average molecular weight is 338 g/mol. The van der Waals surface area contributed by atoms with E-state index in [9.17, 15) is 9.18 Å². The molecule has 0 bridgehead atoms. The lowest BCUT2D eigenvalue weighted by Crippen LogP contribution is -2.20. The molecule has 2 aromatic heterocycles. The van der Waals surface area contributed by atoms with Gasteiger partial charge >= 0.3 is 0 Å². The maximum Gasteiger partial charge on any atom is 0.286 e. The third-order valence-corrected chi connectivity index (χ3v) is 4.68. The quantitative estimate of drug-likeness (QED) is 0.795. The predicted molar refractivity (Wildman–Crippen MR) is 98.1 cm³/mol. The summed E-state index contributed by atoms with van der Waals surface area (Å²) >= 11 is 0. The minimum Gasteiger partial charge on any atom is -0.372 e. The van der Waals surface area contributed by atoms with E-state index in [2.05, 4.69) is 27.3 Å². The third kappa shape index (κ3) is 2.95. The van der Waals surface area contributed by atoms with Crippen molar-refractivity contribution in [3.8, 4) is 0 Å². The van der Waals surface area contributed by atoms with Crippen LogP contribution in [0.25, 0.3) is 10.9 Å². The molecule has 3 heterocycles. The van der Waals surface area contributed by atoms with Gasteiger partial charge in [0, 0.05) is 49.2 Å². The van der Waals surface area contributed by atoms with Crippen molar-refractivity contribution in [3.63, 3.8) is 0 Å². The number of fused-ring (bicyclic) bond motifs is 1. The lowest BCUT2D eigenvalue weighted by Gasteiger charge is -2.18. The van der Waals surface area contributed by atoms with Gasteiger partial charge in [0.2, 0.25) is 0 Å². The Balaban J connectivity index is 1.61. The number of halogens is 1. The summed E-state index contributed by atoms with van der Waals surface area (Å²) in [6, 6.07) is 11.2. The Morgan fingerprint density at radius 1 is 1.12 bits per heavy atom. The van der Waals surface area contributed by atoms with Gasteiger partial charge in [0.1, 0.15) is 5.82 Å². The number of pyridine rings is 2. The molecule has 0 atom stereocenters. The molecule has 1 aliphatic rings. The second-order valence-electron chi connectivity index (χ2n) is 6.35. The number of nitrogens with one attached hydrogen (secondary N) is 1. The minimum absolute atomic E-state index is 0.592. The predicted octanol–water partition coefficient (Wildman–Crippen LogP) is 3.42. The highest BCUT2D eigenvalue weighted by Gasteiger charge is 2.12. The molecule has 1 aromatic carbocycles. The Hall–Kier alpha value is -2.89. The molecule has 1 fully saturated rings. The van der Waals surface area contributed by atoms with Crippen LogP contribution in [-0.2, 0) is 7.05 Å². The number of hydrogen-bond donors (Lipinski definition) is 1. The summed E-state index contributed by atoms with van der Waals surface area (Å²) in [6.45, 7) is 2.23. The average Bonchev–Trinajstić information content (AvgIpc) is 3.16. The first-order valence-electron chi connectivity index (χ1n) is 8.39. The molecule has 0 amide bonds. The Morgan fingerprint density at radius 2 is 1.84 bits per heavy atom. The molecule has 1 aliphatic heterocycles. The molecule has 6 heteroatoms. The zero-order valence-electron chi connectivity index (χ0n) is 14.0. The number of benzene rings is 1. The highest BCUT2D eigenvalue weighted by atomic mass is 19.1. The summed E-state index contributed by atoms with van der Waals surface area (Å²) in [5.74, 6) is -0.155. The van der Waals surface area contributed by atoms with E-state index in [1.807, 2.05) is 12.1 Å². The van der Waals surface area contributed by atoms with Crippen LogP contribution >= 0.6 is 0 Å². The summed E-state index contributed by atoms with van der Waals surface area (Å²) in [7, 11) is 1.56. The molecule has 128 valence electrons. The number of hydrogen-bond acceptors (Lipinski definition) is 4. The molecule has 1 saturated heterocycles. The van der Waals surface area contributed by atoms with Gasteiger partial charge in [0.25, 0.3) is 5.56 Å². The van der Waals surface area contributed by atoms with Crippen LogP contribution in [-0.4, -0.2) is 22.6 Å². The van der Waals surface area contributed by atoms with Crippen LogP contribution in [0.15, 0.2) is 47.4 Å². The molecule has 25 heavy (non-hydrogen) atoms. The van der Waals surface area contributed by atoms with Crippen molar-refractivity contribution >= 4 is 28.1 Å². The normalized spacial score (nSPS) is 14.2. The van der Waals surface area contributed by atoms with E-state index < -0.39 is 11.4 Å². The van der Waals surface area contributed by atoms with Crippen LogP contribution in [0, 0.1) is 5.82 Å². The molecule has 1 N–H and O–H groups in total. The van der Waals surface area contributed by atoms with Crippen molar-refractivity contribution in [1.82, 2.24) is 9.55 Å². The first kappa shape index (κ1) is 15.6. The van der Waals surface area contributed by atoms with Crippen molar-refractivity contribution in [2.45, 2.75) is 12.8 Å².